The zero-order valence-electron chi connectivity index (χ0n) is 14.3. The molecule has 0 radical (unpaired) electrons. The molecular formula is C22H20ClNO2. The van der Waals surface area contributed by atoms with Crippen LogP contribution in [-0.4, -0.2) is 11.7 Å². The lowest BCUT2D eigenvalue weighted by Crippen LogP contribution is -2.30. The first-order chi connectivity index (χ1) is 12.7. The normalized spacial score (nSPS) is 16.1. The molecule has 2 N–H and O–H groups in total. The fraction of sp³-hybridized carbons (Fsp3) is 0.182. The Bertz CT molecular complexity index is 908. The Hall–Kier alpha value is -2.49. The maximum Gasteiger partial charge on any atom is 0.120 e. The van der Waals surface area contributed by atoms with Crippen molar-refractivity contribution in [3.05, 3.63) is 94.0 Å². The molecule has 26 heavy (non-hydrogen) atoms. The lowest BCUT2D eigenvalue weighted by Gasteiger charge is -2.27. The van der Waals surface area contributed by atoms with Crippen molar-refractivity contribution in [3.8, 4) is 11.5 Å². The highest BCUT2D eigenvalue weighted by atomic mass is 35.5. The van der Waals surface area contributed by atoms with Crippen molar-refractivity contribution in [1.82, 2.24) is 5.32 Å². The van der Waals surface area contributed by atoms with Gasteiger partial charge in [-0.25, -0.2) is 0 Å². The highest BCUT2D eigenvalue weighted by Gasteiger charge is 2.21. The lowest BCUT2D eigenvalue weighted by atomic mass is 9.89. The minimum Gasteiger partial charge on any atom is -0.508 e. The predicted octanol–water partition coefficient (Wildman–Crippen LogP) is 4.86. The standard InChI is InChI=1S/C22H20ClNO2/c23-18-6-4-15(5-7-18)14-26-20-3-1-2-17(13-20)22-21-9-8-19(25)12-16(21)10-11-24-22/h1-9,12-13,22,24-25H,10-11,14H2. The maximum atomic E-state index is 9.74. The van der Waals surface area contributed by atoms with E-state index in [-0.39, 0.29) is 6.04 Å². The van der Waals surface area contributed by atoms with E-state index >= 15 is 0 Å². The molecule has 0 bridgehead atoms. The molecule has 1 atom stereocenters. The second-order valence-electron chi connectivity index (χ2n) is 6.51. The number of phenolic OH excluding ortho intramolecular Hbond substituents is 1. The van der Waals surface area contributed by atoms with Gasteiger partial charge in [-0.15, -0.1) is 0 Å². The number of benzene rings is 3. The third-order valence-electron chi connectivity index (χ3n) is 4.69. The van der Waals surface area contributed by atoms with Gasteiger partial charge in [0.2, 0.25) is 0 Å². The number of ether oxygens (including phenoxy) is 1. The van der Waals surface area contributed by atoms with E-state index < -0.39 is 0 Å². The Morgan fingerprint density at radius 2 is 1.88 bits per heavy atom. The van der Waals surface area contributed by atoms with Gasteiger partial charge in [0.15, 0.2) is 0 Å². The summed E-state index contributed by atoms with van der Waals surface area (Å²) in [5.74, 6) is 1.16. The quantitative estimate of drug-likeness (QED) is 0.693. The van der Waals surface area contributed by atoms with Gasteiger partial charge < -0.3 is 15.2 Å². The molecule has 3 aromatic carbocycles. The zero-order valence-corrected chi connectivity index (χ0v) is 15.0. The Balaban J connectivity index is 1.54. The summed E-state index contributed by atoms with van der Waals surface area (Å²) in [4.78, 5) is 0. The molecule has 1 aliphatic heterocycles. The molecule has 0 saturated heterocycles. The van der Waals surface area contributed by atoms with Gasteiger partial charge in [-0.05, 0) is 65.1 Å². The van der Waals surface area contributed by atoms with Crippen LogP contribution in [0.25, 0.3) is 0 Å². The molecule has 132 valence electrons. The minimum absolute atomic E-state index is 0.110. The zero-order chi connectivity index (χ0) is 17.9. The molecule has 4 heteroatoms. The molecule has 0 fully saturated rings. The summed E-state index contributed by atoms with van der Waals surface area (Å²) in [7, 11) is 0. The lowest BCUT2D eigenvalue weighted by molar-refractivity contribution is 0.305. The van der Waals surface area contributed by atoms with Crippen molar-refractivity contribution >= 4 is 11.6 Å². The van der Waals surface area contributed by atoms with E-state index in [9.17, 15) is 5.11 Å². The van der Waals surface area contributed by atoms with Crippen LogP contribution in [0, 0.1) is 0 Å². The number of halogens is 1. The van der Waals surface area contributed by atoms with E-state index in [1.54, 1.807) is 6.07 Å². The Labute approximate surface area is 158 Å². The predicted molar refractivity (Wildman–Crippen MR) is 104 cm³/mol. The molecule has 4 rings (SSSR count). The van der Waals surface area contributed by atoms with Gasteiger partial charge in [0.25, 0.3) is 0 Å². The monoisotopic (exact) mass is 365 g/mol. The summed E-state index contributed by atoms with van der Waals surface area (Å²) in [6, 6.07) is 21.6. The van der Waals surface area contributed by atoms with E-state index in [1.807, 2.05) is 48.5 Å². The van der Waals surface area contributed by atoms with Gasteiger partial charge in [0, 0.05) is 11.6 Å². The average Bonchev–Trinajstić information content (AvgIpc) is 2.67. The van der Waals surface area contributed by atoms with Gasteiger partial charge in [-0.2, -0.15) is 0 Å². The van der Waals surface area contributed by atoms with Crippen molar-refractivity contribution < 1.29 is 9.84 Å². The Kier molecular flexibility index (Phi) is 4.83. The van der Waals surface area contributed by atoms with Gasteiger partial charge >= 0.3 is 0 Å². The van der Waals surface area contributed by atoms with Crippen LogP contribution in [0.2, 0.25) is 5.02 Å². The van der Waals surface area contributed by atoms with Crippen molar-refractivity contribution in [3.63, 3.8) is 0 Å². The topological polar surface area (TPSA) is 41.5 Å². The molecule has 1 unspecified atom stereocenters. The molecule has 1 aliphatic rings. The summed E-state index contributed by atoms with van der Waals surface area (Å²) < 4.78 is 5.96. The van der Waals surface area contributed by atoms with Crippen molar-refractivity contribution in [2.24, 2.45) is 0 Å². The van der Waals surface area contributed by atoms with E-state index in [1.165, 1.54) is 11.1 Å². The fourth-order valence-corrected chi connectivity index (χ4v) is 3.51. The minimum atomic E-state index is 0.110. The van der Waals surface area contributed by atoms with Crippen molar-refractivity contribution in [2.75, 3.05) is 6.54 Å². The number of nitrogens with one attached hydrogen (secondary N) is 1. The fourth-order valence-electron chi connectivity index (χ4n) is 3.38. The number of fused-ring (bicyclic) bond motifs is 1. The number of phenols is 1. The van der Waals surface area contributed by atoms with Crippen LogP contribution >= 0.6 is 11.6 Å². The van der Waals surface area contributed by atoms with Crippen LogP contribution in [0.3, 0.4) is 0 Å². The van der Waals surface area contributed by atoms with Gasteiger partial charge in [-0.3, -0.25) is 0 Å². The summed E-state index contributed by atoms with van der Waals surface area (Å²) in [5, 5.41) is 14.0. The molecule has 1 heterocycles. The molecule has 0 aliphatic carbocycles. The first-order valence-electron chi connectivity index (χ1n) is 8.71. The van der Waals surface area contributed by atoms with Crippen molar-refractivity contribution in [1.29, 1.82) is 0 Å². The average molecular weight is 366 g/mol. The van der Waals surface area contributed by atoms with Crippen LogP contribution in [0.1, 0.15) is 28.3 Å². The Morgan fingerprint density at radius 3 is 2.73 bits per heavy atom. The first-order valence-corrected chi connectivity index (χ1v) is 9.09. The molecule has 0 spiro atoms. The SMILES string of the molecule is Oc1ccc2c(c1)CCNC2c1cccc(OCc2ccc(Cl)cc2)c1. The van der Waals surface area contributed by atoms with E-state index in [4.69, 9.17) is 16.3 Å². The van der Waals surface area contributed by atoms with Gasteiger partial charge in [0.1, 0.15) is 18.1 Å². The van der Waals surface area contributed by atoms with Crippen LogP contribution in [0.15, 0.2) is 66.7 Å². The summed E-state index contributed by atoms with van der Waals surface area (Å²) in [5.41, 5.74) is 4.65. The maximum absolute atomic E-state index is 9.74. The molecule has 0 saturated carbocycles. The molecule has 3 nitrogen and oxygen atoms in total. The molecule has 0 amide bonds. The largest absolute Gasteiger partial charge is 0.508 e. The van der Waals surface area contributed by atoms with Crippen LogP contribution in [-0.2, 0) is 13.0 Å². The molecule has 3 aromatic rings. The van der Waals surface area contributed by atoms with Crippen molar-refractivity contribution in [2.45, 2.75) is 19.1 Å². The second kappa shape index (κ2) is 7.40. The second-order valence-corrected chi connectivity index (χ2v) is 6.94. The molecular weight excluding hydrogens is 346 g/mol. The highest BCUT2D eigenvalue weighted by molar-refractivity contribution is 6.30. The highest BCUT2D eigenvalue weighted by Crippen LogP contribution is 2.32. The number of hydrogen-bond acceptors (Lipinski definition) is 3. The van der Waals surface area contributed by atoms with E-state index in [0.717, 1.165) is 34.9 Å². The number of rotatable bonds is 4. The summed E-state index contributed by atoms with van der Waals surface area (Å²) in [6.45, 7) is 1.39. The first kappa shape index (κ1) is 17.0. The summed E-state index contributed by atoms with van der Waals surface area (Å²) >= 11 is 5.92. The smallest absolute Gasteiger partial charge is 0.120 e. The molecule has 0 aromatic heterocycles. The number of hydrogen-bond donors (Lipinski definition) is 2. The van der Waals surface area contributed by atoms with Crippen LogP contribution in [0.4, 0.5) is 0 Å². The number of aromatic hydroxyl groups is 1. The third-order valence-corrected chi connectivity index (χ3v) is 4.94. The third kappa shape index (κ3) is 3.69. The summed E-state index contributed by atoms with van der Waals surface area (Å²) in [6.07, 6.45) is 0.924. The van der Waals surface area contributed by atoms with Crippen LogP contribution in [0.5, 0.6) is 11.5 Å². The van der Waals surface area contributed by atoms with E-state index in [0.29, 0.717) is 12.4 Å². The Morgan fingerprint density at radius 1 is 1.04 bits per heavy atom. The van der Waals surface area contributed by atoms with Crippen LogP contribution < -0.4 is 10.1 Å². The van der Waals surface area contributed by atoms with E-state index in [2.05, 4.69) is 17.4 Å². The van der Waals surface area contributed by atoms with Gasteiger partial charge in [0.05, 0.1) is 6.04 Å². The van der Waals surface area contributed by atoms with Gasteiger partial charge in [-0.1, -0.05) is 41.9 Å².